The van der Waals surface area contributed by atoms with E-state index in [9.17, 15) is 0 Å². The molecular weight excluding hydrogens is 270 g/mol. The van der Waals surface area contributed by atoms with Crippen LogP contribution in [-0.2, 0) is 21.6 Å². The number of methoxy groups -OCH3 is 1. The van der Waals surface area contributed by atoms with Gasteiger partial charge < -0.3 is 19.7 Å². The summed E-state index contributed by atoms with van der Waals surface area (Å²) in [6.07, 6.45) is 1.46. The summed E-state index contributed by atoms with van der Waals surface area (Å²) in [5.41, 5.74) is 7.04. The van der Waals surface area contributed by atoms with Crippen LogP contribution in [0.4, 0.5) is 0 Å². The molecule has 1 saturated heterocycles. The lowest BCUT2D eigenvalue weighted by Gasteiger charge is -2.32. The molecule has 0 radical (unpaired) electrons. The number of aromatic nitrogens is 2. The first-order valence-corrected chi connectivity index (χ1v) is 7.04. The molecule has 1 aliphatic heterocycles. The Morgan fingerprint density at radius 1 is 1.24 bits per heavy atom. The molecule has 112 valence electrons. The van der Waals surface area contributed by atoms with Crippen molar-refractivity contribution in [3.8, 4) is 11.5 Å². The highest BCUT2D eigenvalue weighted by molar-refractivity contribution is 5.53. The Balaban J connectivity index is 1.87. The van der Waals surface area contributed by atoms with Gasteiger partial charge in [-0.2, -0.15) is 4.98 Å². The van der Waals surface area contributed by atoms with Crippen molar-refractivity contribution in [2.24, 2.45) is 5.73 Å². The van der Waals surface area contributed by atoms with Gasteiger partial charge in [-0.3, -0.25) is 0 Å². The molecule has 2 aromatic rings. The topological polar surface area (TPSA) is 83.4 Å². The minimum Gasteiger partial charge on any atom is -0.381 e. The second-order valence-electron chi connectivity index (χ2n) is 5.13. The van der Waals surface area contributed by atoms with Crippen molar-refractivity contribution in [3.05, 3.63) is 35.7 Å². The van der Waals surface area contributed by atoms with Crippen molar-refractivity contribution < 1.29 is 14.0 Å². The van der Waals surface area contributed by atoms with Gasteiger partial charge in [0.15, 0.2) is 0 Å². The zero-order valence-corrected chi connectivity index (χ0v) is 12.0. The fraction of sp³-hybridized carbons (Fsp3) is 0.467. The zero-order valence-electron chi connectivity index (χ0n) is 12.0. The van der Waals surface area contributed by atoms with E-state index in [1.54, 1.807) is 7.11 Å². The standard InChI is InChI=1S/C15H19N3O3/c1-19-15(6-8-20-9-7-15)14-17-13(21-18-14)12-4-2-11(10-16)3-5-12/h2-5H,6-10,16H2,1H3. The van der Waals surface area contributed by atoms with Crippen LogP contribution in [0.2, 0.25) is 0 Å². The summed E-state index contributed by atoms with van der Waals surface area (Å²) in [7, 11) is 1.68. The van der Waals surface area contributed by atoms with Gasteiger partial charge in [0, 0.05) is 45.3 Å². The van der Waals surface area contributed by atoms with E-state index in [1.165, 1.54) is 0 Å². The van der Waals surface area contributed by atoms with Crippen LogP contribution in [0.3, 0.4) is 0 Å². The molecule has 0 aliphatic carbocycles. The van der Waals surface area contributed by atoms with Gasteiger partial charge in [0.05, 0.1) is 0 Å². The van der Waals surface area contributed by atoms with E-state index in [0.717, 1.165) is 24.0 Å². The molecule has 1 aromatic carbocycles. The van der Waals surface area contributed by atoms with E-state index in [1.807, 2.05) is 24.3 Å². The summed E-state index contributed by atoms with van der Waals surface area (Å²) < 4.78 is 16.4. The van der Waals surface area contributed by atoms with Gasteiger partial charge in [0.25, 0.3) is 5.89 Å². The Morgan fingerprint density at radius 2 is 1.95 bits per heavy atom. The molecule has 0 bridgehead atoms. The monoisotopic (exact) mass is 289 g/mol. The molecular formula is C15H19N3O3. The lowest BCUT2D eigenvalue weighted by atomic mass is 9.93. The molecule has 21 heavy (non-hydrogen) atoms. The van der Waals surface area contributed by atoms with Gasteiger partial charge in [0.1, 0.15) is 5.60 Å². The third kappa shape index (κ3) is 2.70. The molecule has 3 rings (SSSR count). The normalized spacial score (nSPS) is 17.8. The van der Waals surface area contributed by atoms with E-state index in [0.29, 0.717) is 31.5 Å². The quantitative estimate of drug-likeness (QED) is 0.924. The molecule has 0 saturated carbocycles. The summed E-state index contributed by atoms with van der Waals surface area (Å²) in [5, 5.41) is 4.11. The van der Waals surface area contributed by atoms with Gasteiger partial charge in [-0.25, -0.2) is 0 Å². The molecule has 6 nitrogen and oxygen atoms in total. The Kier molecular flexibility index (Phi) is 4.01. The van der Waals surface area contributed by atoms with Crippen molar-refractivity contribution in [3.63, 3.8) is 0 Å². The average molecular weight is 289 g/mol. The predicted molar refractivity (Wildman–Crippen MR) is 76.4 cm³/mol. The van der Waals surface area contributed by atoms with Crippen molar-refractivity contribution in [1.29, 1.82) is 0 Å². The fourth-order valence-electron chi connectivity index (χ4n) is 2.53. The third-order valence-electron chi connectivity index (χ3n) is 3.96. The number of rotatable bonds is 4. The molecule has 0 unspecified atom stereocenters. The van der Waals surface area contributed by atoms with Gasteiger partial charge in [-0.1, -0.05) is 17.3 Å². The fourth-order valence-corrected chi connectivity index (χ4v) is 2.53. The molecule has 2 heterocycles. The SMILES string of the molecule is COC1(c2noc(-c3ccc(CN)cc3)n2)CCOCC1. The number of nitrogens with two attached hydrogens (primary N) is 1. The van der Waals surface area contributed by atoms with E-state index < -0.39 is 5.60 Å². The van der Waals surface area contributed by atoms with Crippen LogP contribution >= 0.6 is 0 Å². The van der Waals surface area contributed by atoms with Crippen LogP contribution in [0.5, 0.6) is 0 Å². The Hall–Kier alpha value is -1.76. The van der Waals surface area contributed by atoms with Gasteiger partial charge in [-0.05, 0) is 17.7 Å². The predicted octanol–water partition coefficient (Wildman–Crippen LogP) is 1.85. The van der Waals surface area contributed by atoms with E-state index in [2.05, 4.69) is 10.1 Å². The van der Waals surface area contributed by atoms with Crippen molar-refractivity contribution in [1.82, 2.24) is 10.1 Å². The van der Waals surface area contributed by atoms with E-state index in [4.69, 9.17) is 19.7 Å². The smallest absolute Gasteiger partial charge is 0.258 e. The van der Waals surface area contributed by atoms with E-state index >= 15 is 0 Å². The van der Waals surface area contributed by atoms with Gasteiger partial charge in [0.2, 0.25) is 5.82 Å². The van der Waals surface area contributed by atoms with Crippen LogP contribution in [0, 0.1) is 0 Å². The summed E-state index contributed by atoms with van der Waals surface area (Å²) in [6.45, 7) is 1.80. The minimum absolute atomic E-state index is 0.497. The van der Waals surface area contributed by atoms with Crippen molar-refractivity contribution in [2.75, 3.05) is 20.3 Å². The second-order valence-corrected chi connectivity index (χ2v) is 5.13. The number of hydrogen-bond acceptors (Lipinski definition) is 6. The minimum atomic E-state index is -0.503. The Morgan fingerprint density at radius 3 is 2.57 bits per heavy atom. The Bertz CT molecular complexity index is 588. The van der Waals surface area contributed by atoms with Gasteiger partial charge in [-0.15, -0.1) is 0 Å². The number of ether oxygens (including phenoxy) is 2. The highest BCUT2D eigenvalue weighted by atomic mass is 16.5. The number of nitrogens with zero attached hydrogens (tertiary/aromatic N) is 2. The molecule has 2 N–H and O–H groups in total. The maximum absolute atomic E-state index is 5.67. The van der Waals surface area contributed by atoms with Crippen molar-refractivity contribution >= 4 is 0 Å². The first-order valence-electron chi connectivity index (χ1n) is 7.04. The van der Waals surface area contributed by atoms with E-state index in [-0.39, 0.29) is 0 Å². The van der Waals surface area contributed by atoms with Crippen LogP contribution in [-0.4, -0.2) is 30.5 Å². The second kappa shape index (κ2) is 5.93. The average Bonchev–Trinajstić information content (AvgIpc) is 3.06. The molecule has 1 aromatic heterocycles. The lowest BCUT2D eigenvalue weighted by molar-refractivity contribution is -0.101. The highest BCUT2D eigenvalue weighted by Crippen LogP contribution is 2.34. The van der Waals surface area contributed by atoms with Crippen LogP contribution in [0.1, 0.15) is 24.2 Å². The molecule has 0 spiro atoms. The summed E-state index contributed by atoms with van der Waals surface area (Å²) in [5.74, 6) is 1.09. The Labute approximate surface area is 123 Å². The molecule has 0 amide bonds. The van der Waals surface area contributed by atoms with Crippen LogP contribution < -0.4 is 5.73 Å². The number of hydrogen-bond donors (Lipinski definition) is 1. The first kappa shape index (κ1) is 14.2. The molecule has 1 fully saturated rings. The maximum Gasteiger partial charge on any atom is 0.258 e. The molecule has 0 atom stereocenters. The third-order valence-corrected chi connectivity index (χ3v) is 3.96. The highest BCUT2D eigenvalue weighted by Gasteiger charge is 2.39. The summed E-state index contributed by atoms with van der Waals surface area (Å²) >= 11 is 0. The van der Waals surface area contributed by atoms with Crippen molar-refractivity contribution in [2.45, 2.75) is 25.0 Å². The summed E-state index contributed by atoms with van der Waals surface area (Å²) in [4.78, 5) is 4.51. The first-order chi connectivity index (χ1) is 10.3. The lowest BCUT2D eigenvalue weighted by Crippen LogP contribution is -2.36. The maximum atomic E-state index is 5.67. The number of benzene rings is 1. The molecule has 1 aliphatic rings. The van der Waals surface area contributed by atoms with Gasteiger partial charge >= 0.3 is 0 Å². The largest absolute Gasteiger partial charge is 0.381 e. The molecule has 6 heteroatoms. The zero-order chi connectivity index (χ0) is 14.7. The summed E-state index contributed by atoms with van der Waals surface area (Å²) in [6, 6.07) is 7.78. The van der Waals surface area contributed by atoms with Crippen LogP contribution in [0.25, 0.3) is 11.5 Å². The van der Waals surface area contributed by atoms with Crippen LogP contribution in [0.15, 0.2) is 28.8 Å².